The predicted molar refractivity (Wildman–Crippen MR) is 151 cm³/mol. The van der Waals surface area contributed by atoms with Crippen LogP contribution >= 0.6 is 23.2 Å². The van der Waals surface area contributed by atoms with Crippen LogP contribution in [0.1, 0.15) is 62.5 Å². The van der Waals surface area contributed by atoms with Crippen molar-refractivity contribution >= 4 is 58.1 Å². The van der Waals surface area contributed by atoms with Crippen molar-refractivity contribution in [3.63, 3.8) is 0 Å². The number of likely N-dealkylation sites (tertiary alicyclic amines) is 1. The van der Waals surface area contributed by atoms with Crippen LogP contribution in [-0.4, -0.2) is 72.6 Å². The van der Waals surface area contributed by atoms with Crippen LogP contribution in [0.2, 0.25) is 10.0 Å². The second kappa shape index (κ2) is 16.5. The molecule has 0 bridgehead atoms. The number of hydrogen-bond donors (Lipinski definition) is 1. The summed E-state index contributed by atoms with van der Waals surface area (Å²) in [5.74, 6) is 0.264. The van der Waals surface area contributed by atoms with Gasteiger partial charge in [0, 0.05) is 29.4 Å². The molecule has 1 aliphatic heterocycles. The average Bonchev–Trinajstić information content (AvgIpc) is 2.85. The number of esters is 1. The zero-order valence-electron chi connectivity index (χ0n) is 20.5. The van der Waals surface area contributed by atoms with Gasteiger partial charge in [0.2, 0.25) is 0 Å². The Bertz CT molecular complexity index is 887. The lowest BCUT2D eigenvalue weighted by Gasteiger charge is -2.36. The Morgan fingerprint density at radius 1 is 0.917 bits per heavy atom. The second-order valence-corrected chi connectivity index (χ2v) is 10.2. The van der Waals surface area contributed by atoms with E-state index in [1.165, 1.54) is 37.3 Å². The predicted octanol–water partition coefficient (Wildman–Crippen LogP) is 5.16. The van der Waals surface area contributed by atoms with Crippen LogP contribution in [0.4, 0.5) is 0 Å². The Kier molecular flexibility index (Phi) is 14.2. The van der Waals surface area contributed by atoms with E-state index in [1.807, 2.05) is 24.3 Å². The van der Waals surface area contributed by atoms with Gasteiger partial charge in [-0.15, -0.1) is 0 Å². The van der Waals surface area contributed by atoms with Crippen LogP contribution in [0.15, 0.2) is 48.5 Å². The fourth-order valence-electron chi connectivity index (χ4n) is 4.85. The smallest absolute Gasteiger partial charge is 0.316 e. The topological polar surface area (TPSA) is 58.6 Å². The Hall–Kier alpha value is -1.31. The number of carbonyl (C=O) groups excluding carboxylic acids is 2. The molecule has 0 aromatic heterocycles. The third-order valence-electron chi connectivity index (χ3n) is 6.69. The van der Waals surface area contributed by atoms with Crippen molar-refractivity contribution < 1.29 is 14.3 Å². The van der Waals surface area contributed by atoms with Gasteiger partial charge in [-0.05, 0) is 86.6 Å². The molecule has 0 radical (unpaired) electrons. The van der Waals surface area contributed by atoms with E-state index in [9.17, 15) is 9.59 Å². The maximum absolute atomic E-state index is 11.5. The summed E-state index contributed by atoms with van der Waals surface area (Å²) in [6.07, 6.45) is 6.69. The Balaban J connectivity index is 0.00000456. The van der Waals surface area contributed by atoms with Crippen LogP contribution in [0, 0.1) is 5.92 Å². The minimum absolute atomic E-state index is 0. The number of unbranched alkanes of at least 4 members (excludes halogenated alkanes) is 3. The molecule has 3 rings (SSSR count). The van der Waals surface area contributed by atoms with Crippen LogP contribution in [0.25, 0.3) is 0 Å². The van der Waals surface area contributed by atoms with Crippen molar-refractivity contribution in [1.82, 2.24) is 10.2 Å². The van der Waals surface area contributed by atoms with Gasteiger partial charge >= 0.3 is 29.0 Å². The summed E-state index contributed by atoms with van der Waals surface area (Å²) < 4.78 is 4.68. The molecule has 2 aromatic rings. The number of hydrogen-bond acceptors (Lipinski definition) is 4. The summed E-state index contributed by atoms with van der Waals surface area (Å²) in [6.45, 7) is 5.10. The van der Waals surface area contributed by atoms with Crippen molar-refractivity contribution in [3.8, 4) is 0 Å². The van der Waals surface area contributed by atoms with Gasteiger partial charge in [-0.3, -0.25) is 9.59 Å². The summed E-state index contributed by atoms with van der Waals surface area (Å²) in [5, 5.41) is 4.32. The zero-order valence-corrected chi connectivity index (χ0v) is 22.0. The van der Waals surface area contributed by atoms with Gasteiger partial charge in [0.25, 0.3) is 5.91 Å². The molecule has 2 aromatic carbocycles. The van der Waals surface area contributed by atoms with Crippen LogP contribution in [-0.2, 0) is 14.3 Å². The number of piperidine rings is 1. The first-order chi connectivity index (χ1) is 16.9. The molecule has 0 aliphatic carbocycles. The molecule has 0 atom stereocenters. The lowest BCUT2D eigenvalue weighted by molar-refractivity contribution is -0.146. The Morgan fingerprint density at radius 3 is 1.97 bits per heavy atom. The molecule has 0 saturated carbocycles. The minimum Gasteiger partial charge on any atom is -0.456 e. The molecule has 36 heavy (non-hydrogen) atoms. The number of rotatable bonds is 12. The molecular formula is C28H38Cl2MgN2O3. The molecule has 1 amide bonds. The van der Waals surface area contributed by atoms with Gasteiger partial charge in [-0.1, -0.05) is 60.3 Å². The van der Waals surface area contributed by atoms with E-state index < -0.39 is 5.97 Å². The van der Waals surface area contributed by atoms with Crippen LogP contribution in [0.5, 0.6) is 0 Å². The maximum Gasteiger partial charge on any atom is 0.316 e. The molecule has 1 N–H and O–H groups in total. The molecule has 194 valence electrons. The van der Waals surface area contributed by atoms with E-state index >= 15 is 0 Å². The highest BCUT2D eigenvalue weighted by Crippen LogP contribution is 2.38. The monoisotopic (exact) mass is 544 g/mol. The highest BCUT2D eigenvalue weighted by molar-refractivity contribution is 6.30. The fourth-order valence-corrected chi connectivity index (χ4v) is 5.10. The van der Waals surface area contributed by atoms with Crippen molar-refractivity contribution in [2.24, 2.45) is 5.92 Å². The van der Waals surface area contributed by atoms with Gasteiger partial charge < -0.3 is 15.0 Å². The summed E-state index contributed by atoms with van der Waals surface area (Å²) in [6, 6.07) is 16.6. The van der Waals surface area contributed by atoms with Gasteiger partial charge in [0.05, 0.1) is 0 Å². The first-order valence-electron chi connectivity index (χ1n) is 12.6. The Labute approximate surface area is 241 Å². The third-order valence-corrected chi connectivity index (χ3v) is 7.20. The molecule has 1 fully saturated rings. The van der Waals surface area contributed by atoms with Gasteiger partial charge in [0.1, 0.15) is 0 Å². The molecule has 0 spiro atoms. The number of amides is 1. The largest absolute Gasteiger partial charge is 0.456 e. The standard InChI is InChI=1S/C28H36Cl2N2O3.Mg.2H/c1-21(33)35-20-27(34)31-16-4-2-3-5-17-32-18-14-24(15-19-32)28(22-6-10-25(29)11-7-22)23-8-12-26(30)13-9-23;;;/h6-13,24,28H,2-5,14-20H2,1H3,(H,31,34);;;. The van der Waals surface area contributed by atoms with E-state index in [1.54, 1.807) is 0 Å². The first kappa shape index (κ1) is 30.9. The molecule has 0 unspecified atom stereocenters. The van der Waals surface area contributed by atoms with E-state index in [-0.39, 0.29) is 35.6 Å². The minimum atomic E-state index is -0.435. The molecular weight excluding hydrogens is 508 g/mol. The van der Waals surface area contributed by atoms with Gasteiger partial charge in [0.15, 0.2) is 6.61 Å². The zero-order chi connectivity index (χ0) is 25.0. The summed E-state index contributed by atoms with van der Waals surface area (Å²) in [5.41, 5.74) is 2.63. The van der Waals surface area contributed by atoms with Crippen molar-refractivity contribution in [2.75, 3.05) is 32.8 Å². The molecule has 1 heterocycles. The molecule has 8 heteroatoms. The number of nitrogens with zero attached hydrogens (tertiary/aromatic N) is 1. The number of nitrogens with one attached hydrogen (secondary N) is 1. The highest BCUT2D eigenvalue weighted by atomic mass is 35.5. The first-order valence-corrected chi connectivity index (χ1v) is 13.3. The second-order valence-electron chi connectivity index (χ2n) is 9.30. The van der Waals surface area contributed by atoms with Crippen LogP contribution < -0.4 is 5.32 Å². The average molecular weight is 546 g/mol. The quantitative estimate of drug-likeness (QED) is 0.227. The normalized spacial score (nSPS) is 14.3. The lowest BCUT2D eigenvalue weighted by atomic mass is 9.76. The fraction of sp³-hybridized carbons (Fsp3) is 0.500. The van der Waals surface area contributed by atoms with E-state index in [2.05, 4.69) is 39.2 Å². The third kappa shape index (κ3) is 10.6. The lowest BCUT2D eigenvalue weighted by Crippen LogP contribution is -2.36. The highest BCUT2D eigenvalue weighted by Gasteiger charge is 2.28. The SMILES string of the molecule is CC(=O)OCC(=O)NCCCCCCN1CCC(C(c2ccc(Cl)cc2)c2ccc(Cl)cc2)CC1.[MgH2]. The summed E-state index contributed by atoms with van der Waals surface area (Å²) in [4.78, 5) is 24.8. The van der Waals surface area contributed by atoms with Crippen molar-refractivity contribution in [2.45, 2.75) is 51.4 Å². The number of halogens is 2. The summed E-state index contributed by atoms with van der Waals surface area (Å²) >= 11 is 12.3. The van der Waals surface area contributed by atoms with Crippen LogP contribution in [0.3, 0.4) is 0 Å². The van der Waals surface area contributed by atoms with Crippen molar-refractivity contribution in [1.29, 1.82) is 0 Å². The molecule has 5 nitrogen and oxygen atoms in total. The molecule has 1 saturated heterocycles. The Morgan fingerprint density at radius 2 is 1.44 bits per heavy atom. The number of benzene rings is 2. The van der Waals surface area contributed by atoms with Gasteiger partial charge in [-0.2, -0.15) is 0 Å². The molecule has 1 aliphatic rings. The van der Waals surface area contributed by atoms with Crippen molar-refractivity contribution in [3.05, 3.63) is 69.7 Å². The van der Waals surface area contributed by atoms with E-state index in [0.717, 1.165) is 48.9 Å². The number of ether oxygens (including phenoxy) is 1. The number of carbonyl (C=O) groups is 2. The van der Waals surface area contributed by atoms with Gasteiger partial charge in [-0.25, -0.2) is 0 Å². The summed E-state index contributed by atoms with van der Waals surface area (Å²) in [7, 11) is 0. The maximum atomic E-state index is 11.5. The van der Waals surface area contributed by atoms with E-state index in [0.29, 0.717) is 18.4 Å². The van der Waals surface area contributed by atoms with E-state index in [4.69, 9.17) is 23.2 Å².